The van der Waals surface area contributed by atoms with Crippen molar-refractivity contribution in [3.05, 3.63) is 38.5 Å². The van der Waals surface area contributed by atoms with Crippen molar-refractivity contribution in [3.8, 4) is 5.75 Å². The van der Waals surface area contributed by atoms with Crippen LogP contribution in [0.1, 0.15) is 25.3 Å². The summed E-state index contributed by atoms with van der Waals surface area (Å²) in [6.07, 6.45) is 0. The minimum Gasteiger partial charge on any atom is -0.492 e. The zero-order chi connectivity index (χ0) is 10.7. The van der Waals surface area contributed by atoms with Crippen LogP contribution in [0.3, 0.4) is 0 Å². The first-order valence-electron chi connectivity index (χ1n) is 4.44. The van der Waals surface area contributed by atoms with Gasteiger partial charge in [-0.1, -0.05) is 19.9 Å². The zero-order valence-corrected chi connectivity index (χ0v) is 10.1. The predicted octanol–water partition coefficient (Wildman–Crippen LogP) is 2.94. The molecule has 1 rings (SSSR count). The van der Waals surface area contributed by atoms with Gasteiger partial charge in [0, 0.05) is 0 Å². The Kier molecular flexibility index (Phi) is 3.69. The molecule has 2 nitrogen and oxygen atoms in total. The lowest BCUT2D eigenvalue weighted by atomic mass is 10.1. The van der Waals surface area contributed by atoms with E-state index in [4.69, 9.17) is 4.74 Å². The number of hydrogen-bond acceptors (Lipinski definition) is 2. The molecule has 14 heavy (non-hydrogen) atoms. The van der Waals surface area contributed by atoms with Crippen LogP contribution in [0.4, 0.5) is 0 Å². The molecule has 1 aromatic carbocycles. The van der Waals surface area contributed by atoms with Crippen LogP contribution in [0.15, 0.2) is 27.5 Å². The molecule has 0 N–H and O–H groups in total. The molecule has 0 heterocycles. The van der Waals surface area contributed by atoms with Gasteiger partial charge in [0.25, 0.3) is 0 Å². The second-order valence-electron chi connectivity index (χ2n) is 3.38. The fraction of sp³-hybridized carbons (Fsp3) is 0.364. The third-order valence-electron chi connectivity index (χ3n) is 2.03. The maximum Gasteiger partial charge on any atom is 0.221 e. The van der Waals surface area contributed by atoms with E-state index in [1.807, 2.05) is 12.1 Å². The molecule has 0 aromatic heterocycles. The summed E-state index contributed by atoms with van der Waals surface area (Å²) in [5, 5.41) is 0. The van der Waals surface area contributed by atoms with E-state index < -0.39 is 0 Å². The van der Waals surface area contributed by atoms with Crippen LogP contribution in [-0.4, -0.2) is 7.11 Å². The maximum atomic E-state index is 11.6. The Morgan fingerprint density at radius 1 is 1.36 bits per heavy atom. The van der Waals surface area contributed by atoms with Crippen molar-refractivity contribution in [1.82, 2.24) is 0 Å². The first-order chi connectivity index (χ1) is 6.56. The van der Waals surface area contributed by atoms with Gasteiger partial charge < -0.3 is 4.74 Å². The smallest absolute Gasteiger partial charge is 0.221 e. The van der Waals surface area contributed by atoms with Crippen molar-refractivity contribution in [3.63, 3.8) is 0 Å². The Hall–Kier alpha value is -0.830. The van der Waals surface area contributed by atoms with Gasteiger partial charge in [0.2, 0.25) is 5.43 Å². The minimum atomic E-state index is -0.0897. The lowest BCUT2D eigenvalue weighted by Crippen LogP contribution is -2.02. The molecule has 76 valence electrons. The van der Waals surface area contributed by atoms with Crippen LogP contribution in [-0.2, 0) is 0 Å². The summed E-state index contributed by atoms with van der Waals surface area (Å²) >= 11 is 3.30. The molecule has 3 heteroatoms. The van der Waals surface area contributed by atoms with Crippen molar-refractivity contribution in [1.29, 1.82) is 0 Å². The number of halogens is 1. The summed E-state index contributed by atoms with van der Waals surface area (Å²) in [4.78, 5) is 11.6. The second-order valence-corrected chi connectivity index (χ2v) is 4.23. The molecule has 0 aliphatic heterocycles. The lowest BCUT2D eigenvalue weighted by molar-refractivity contribution is 0.409. The Morgan fingerprint density at radius 3 is 2.50 bits per heavy atom. The minimum absolute atomic E-state index is 0.0897. The average Bonchev–Trinajstić information content (AvgIpc) is 2.25. The van der Waals surface area contributed by atoms with E-state index in [1.165, 1.54) is 7.11 Å². The Labute approximate surface area is 92.0 Å². The molecule has 0 aliphatic rings. The normalized spacial score (nSPS) is 10.4. The van der Waals surface area contributed by atoms with E-state index in [9.17, 15) is 4.79 Å². The molecule has 0 fully saturated rings. The summed E-state index contributed by atoms with van der Waals surface area (Å²) < 4.78 is 5.70. The molecular weight excluding hydrogens is 244 g/mol. The van der Waals surface area contributed by atoms with E-state index >= 15 is 0 Å². The maximum absolute atomic E-state index is 11.6. The van der Waals surface area contributed by atoms with Crippen LogP contribution in [0.5, 0.6) is 5.75 Å². The van der Waals surface area contributed by atoms with Crippen LogP contribution >= 0.6 is 15.9 Å². The zero-order valence-electron chi connectivity index (χ0n) is 8.50. The molecule has 0 saturated heterocycles. The van der Waals surface area contributed by atoms with E-state index in [-0.39, 0.29) is 5.43 Å². The molecular formula is C11H13BrO2. The molecule has 0 spiro atoms. The molecule has 0 aliphatic carbocycles. The molecule has 0 saturated carbocycles. The highest BCUT2D eigenvalue weighted by atomic mass is 79.9. The largest absolute Gasteiger partial charge is 0.492 e. The molecule has 0 bridgehead atoms. The van der Waals surface area contributed by atoms with E-state index in [0.717, 1.165) is 5.56 Å². The molecule has 0 atom stereocenters. The first-order valence-corrected chi connectivity index (χ1v) is 5.23. The van der Waals surface area contributed by atoms with Gasteiger partial charge >= 0.3 is 0 Å². The molecule has 0 unspecified atom stereocenters. The Morgan fingerprint density at radius 2 is 2.00 bits per heavy atom. The highest BCUT2D eigenvalue weighted by Crippen LogP contribution is 2.21. The standard InChI is InChI=1S/C11H13BrO2/c1-7(2)8-4-5-9(12)11(14-3)10(13)6-8/h4-7H,1-3H3. The number of methoxy groups -OCH3 is 1. The SMILES string of the molecule is COc1c(Br)ccc(C(C)C)cc1=O. The third-order valence-corrected chi connectivity index (χ3v) is 2.66. The van der Waals surface area contributed by atoms with Gasteiger partial charge in [-0.15, -0.1) is 0 Å². The quantitative estimate of drug-likeness (QED) is 0.814. The number of rotatable bonds is 2. The summed E-state index contributed by atoms with van der Waals surface area (Å²) in [6, 6.07) is 5.39. The van der Waals surface area contributed by atoms with Crippen molar-refractivity contribution in [2.45, 2.75) is 19.8 Å². The fourth-order valence-electron chi connectivity index (χ4n) is 1.19. The monoisotopic (exact) mass is 256 g/mol. The second kappa shape index (κ2) is 4.60. The van der Waals surface area contributed by atoms with Gasteiger partial charge in [-0.2, -0.15) is 0 Å². The van der Waals surface area contributed by atoms with Crippen molar-refractivity contribution in [2.75, 3.05) is 7.11 Å². The van der Waals surface area contributed by atoms with Gasteiger partial charge in [0.1, 0.15) is 0 Å². The number of ether oxygens (including phenoxy) is 1. The van der Waals surface area contributed by atoms with Crippen molar-refractivity contribution in [2.24, 2.45) is 0 Å². The van der Waals surface area contributed by atoms with Crippen LogP contribution in [0.25, 0.3) is 0 Å². The lowest BCUT2D eigenvalue weighted by Gasteiger charge is -1.99. The highest BCUT2D eigenvalue weighted by molar-refractivity contribution is 9.10. The Bertz CT molecular complexity index is 386. The van der Waals surface area contributed by atoms with Crippen molar-refractivity contribution < 1.29 is 4.74 Å². The fourth-order valence-corrected chi connectivity index (χ4v) is 1.67. The van der Waals surface area contributed by atoms with Gasteiger partial charge in [0.15, 0.2) is 5.75 Å². The molecule has 0 radical (unpaired) electrons. The van der Waals surface area contributed by atoms with E-state index in [2.05, 4.69) is 29.8 Å². The predicted molar refractivity (Wildman–Crippen MR) is 61.1 cm³/mol. The van der Waals surface area contributed by atoms with E-state index in [0.29, 0.717) is 16.1 Å². The Balaban J connectivity index is 3.43. The van der Waals surface area contributed by atoms with Gasteiger partial charge in [-0.3, -0.25) is 4.79 Å². The molecule has 1 aromatic rings. The van der Waals surface area contributed by atoms with E-state index in [1.54, 1.807) is 6.07 Å². The van der Waals surface area contributed by atoms with Gasteiger partial charge in [-0.25, -0.2) is 0 Å². The topological polar surface area (TPSA) is 26.3 Å². The van der Waals surface area contributed by atoms with Crippen LogP contribution in [0.2, 0.25) is 0 Å². The average molecular weight is 257 g/mol. The first kappa shape index (κ1) is 11.2. The highest BCUT2D eigenvalue weighted by Gasteiger charge is 2.05. The summed E-state index contributed by atoms with van der Waals surface area (Å²) in [6.45, 7) is 4.10. The number of hydrogen-bond donors (Lipinski definition) is 0. The summed E-state index contributed by atoms with van der Waals surface area (Å²) in [7, 11) is 1.50. The van der Waals surface area contributed by atoms with Crippen molar-refractivity contribution >= 4 is 15.9 Å². The van der Waals surface area contributed by atoms with Gasteiger partial charge in [0.05, 0.1) is 11.6 Å². The summed E-state index contributed by atoms with van der Waals surface area (Å²) in [5.74, 6) is 0.698. The van der Waals surface area contributed by atoms with Crippen LogP contribution in [0, 0.1) is 0 Å². The molecule has 0 amide bonds. The van der Waals surface area contributed by atoms with Crippen LogP contribution < -0.4 is 10.2 Å². The van der Waals surface area contributed by atoms with Gasteiger partial charge in [-0.05, 0) is 39.5 Å². The summed E-state index contributed by atoms with van der Waals surface area (Å²) in [5.41, 5.74) is 0.923. The third kappa shape index (κ3) is 2.35.